The van der Waals surface area contributed by atoms with Gasteiger partial charge in [0.25, 0.3) is 0 Å². The van der Waals surface area contributed by atoms with Gasteiger partial charge in [0.2, 0.25) is 0 Å². The highest BCUT2D eigenvalue weighted by Crippen LogP contribution is 2.15. The second-order valence-electron chi connectivity index (χ2n) is 3.90. The highest BCUT2D eigenvalue weighted by Gasteiger charge is 2.02. The second-order valence-corrected chi connectivity index (χ2v) is 4.71. The van der Waals surface area contributed by atoms with Crippen LogP contribution in [-0.2, 0) is 0 Å². The standard InChI is InChI=1S/C13H18ClN3S/c1-3-4-9-15-13(18)17-16-10(2)11-7-5-6-8-12(11)14/h5-8H,3-4,9H2,1-2H3,(H2,15,17,18)/b16-10-. The molecule has 0 spiro atoms. The molecule has 0 radical (unpaired) electrons. The molecule has 1 aromatic carbocycles. The van der Waals surface area contributed by atoms with Gasteiger partial charge in [0.05, 0.1) is 5.71 Å². The quantitative estimate of drug-likeness (QED) is 0.377. The molecule has 0 amide bonds. The average molecular weight is 284 g/mol. The van der Waals surface area contributed by atoms with Crippen LogP contribution in [0.3, 0.4) is 0 Å². The number of rotatable bonds is 5. The van der Waals surface area contributed by atoms with Gasteiger partial charge in [0, 0.05) is 17.1 Å². The molecule has 0 saturated carbocycles. The van der Waals surface area contributed by atoms with Crippen LogP contribution in [0.1, 0.15) is 32.3 Å². The van der Waals surface area contributed by atoms with Crippen molar-refractivity contribution in [2.75, 3.05) is 6.54 Å². The fraction of sp³-hybridized carbons (Fsp3) is 0.385. The van der Waals surface area contributed by atoms with E-state index in [-0.39, 0.29) is 0 Å². The molecule has 5 heteroatoms. The van der Waals surface area contributed by atoms with Gasteiger partial charge in [0.15, 0.2) is 5.11 Å². The van der Waals surface area contributed by atoms with Gasteiger partial charge in [-0.15, -0.1) is 0 Å². The van der Waals surface area contributed by atoms with Crippen molar-refractivity contribution in [3.8, 4) is 0 Å². The van der Waals surface area contributed by atoms with E-state index in [0.29, 0.717) is 10.1 Å². The zero-order valence-corrected chi connectivity index (χ0v) is 12.2. The Labute approximate surface area is 119 Å². The molecule has 0 unspecified atom stereocenters. The van der Waals surface area contributed by atoms with Crippen molar-refractivity contribution in [2.24, 2.45) is 5.10 Å². The Balaban J connectivity index is 2.52. The van der Waals surface area contributed by atoms with Gasteiger partial charge in [-0.3, -0.25) is 5.43 Å². The fourth-order valence-corrected chi connectivity index (χ4v) is 1.79. The van der Waals surface area contributed by atoms with E-state index in [0.717, 1.165) is 30.7 Å². The highest BCUT2D eigenvalue weighted by molar-refractivity contribution is 7.80. The summed E-state index contributed by atoms with van der Waals surface area (Å²) >= 11 is 11.2. The van der Waals surface area contributed by atoms with Crippen LogP contribution in [0, 0.1) is 0 Å². The van der Waals surface area contributed by atoms with Gasteiger partial charge in [-0.1, -0.05) is 43.1 Å². The van der Waals surface area contributed by atoms with E-state index in [1.165, 1.54) is 0 Å². The molecule has 1 aromatic rings. The molecular formula is C13H18ClN3S. The molecule has 0 fully saturated rings. The van der Waals surface area contributed by atoms with E-state index < -0.39 is 0 Å². The van der Waals surface area contributed by atoms with E-state index in [9.17, 15) is 0 Å². The molecule has 0 heterocycles. The molecule has 0 aliphatic carbocycles. The Morgan fingerprint density at radius 3 is 2.78 bits per heavy atom. The third-order valence-electron chi connectivity index (χ3n) is 2.40. The maximum absolute atomic E-state index is 6.08. The first-order valence-corrected chi connectivity index (χ1v) is 6.76. The molecule has 0 atom stereocenters. The Morgan fingerprint density at radius 2 is 2.11 bits per heavy atom. The summed E-state index contributed by atoms with van der Waals surface area (Å²) in [6.45, 7) is 4.89. The zero-order valence-electron chi connectivity index (χ0n) is 10.7. The van der Waals surface area contributed by atoms with Crippen molar-refractivity contribution in [1.29, 1.82) is 0 Å². The average Bonchev–Trinajstić information content (AvgIpc) is 2.37. The number of hydrogen-bond acceptors (Lipinski definition) is 2. The summed E-state index contributed by atoms with van der Waals surface area (Å²) in [7, 11) is 0. The van der Waals surface area contributed by atoms with Crippen LogP contribution in [-0.4, -0.2) is 17.4 Å². The first-order chi connectivity index (χ1) is 8.65. The lowest BCUT2D eigenvalue weighted by Gasteiger charge is -2.08. The third-order valence-corrected chi connectivity index (χ3v) is 2.97. The maximum Gasteiger partial charge on any atom is 0.186 e. The number of nitrogens with one attached hydrogen (secondary N) is 2. The number of hydrazone groups is 1. The minimum atomic E-state index is 0.537. The number of nitrogens with zero attached hydrogens (tertiary/aromatic N) is 1. The van der Waals surface area contributed by atoms with E-state index in [4.69, 9.17) is 23.8 Å². The van der Waals surface area contributed by atoms with Gasteiger partial charge < -0.3 is 5.32 Å². The van der Waals surface area contributed by atoms with Gasteiger partial charge in [-0.2, -0.15) is 5.10 Å². The van der Waals surface area contributed by atoms with Crippen molar-refractivity contribution in [3.63, 3.8) is 0 Å². The number of hydrogen-bond donors (Lipinski definition) is 2. The van der Waals surface area contributed by atoms with Crippen LogP contribution < -0.4 is 10.7 Å². The minimum absolute atomic E-state index is 0.537. The molecular weight excluding hydrogens is 266 g/mol. The molecule has 3 nitrogen and oxygen atoms in total. The van der Waals surface area contributed by atoms with Crippen molar-refractivity contribution in [1.82, 2.24) is 10.7 Å². The molecule has 0 aliphatic heterocycles. The SMILES string of the molecule is CCCCNC(=S)N/N=C(/C)c1ccccc1Cl. The van der Waals surface area contributed by atoms with Crippen molar-refractivity contribution in [3.05, 3.63) is 34.9 Å². The van der Waals surface area contributed by atoms with Crippen LogP contribution in [0.2, 0.25) is 5.02 Å². The van der Waals surface area contributed by atoms with Crippen LogP contribution in [0.5, 0.6) is 0 Å². The van der Waals surface area contributed by atoms with Crippen LogP contribution in [0.25, 0.3) is 0 Å². The van der Waals surface area contributed by atoms with E-state index >= 15 is 0 Å². The van der Waals surface area contributed by atoms with Crippen molar-refractivity contribution in [2.45, 2.75) is 26.7 Å². The minimum Gasteiger partial charge on any atom is -0.361 e. The molecule has 1 rings (SSSR count). The van der Waals surface area contributed by atoms with Crippen LogP contribution in [0.15, 0.2) is 29.4 Å². The van der Waals surface area contributed by atoms with E-state index in [1.54, 1.807) is 0 Å². The summed E-state index contributed by atoms with van der Waals surface area (Å²) in [6.07, 6.45) is 2.23. The molecule has 18 heavy (non-hydrogen) atoms. The number of benzene rings is 1. The summed E-state index contributed by atoms with van der Waals surface area (Å²) in [6, 6.07) is 7.59. The van der Waals surface area contributed by atoms with Gasteiger partial charge in [0.1, 0.15) is 0 Å². The number of halogens is 1. The van der Waals surface area contributed by atoms with E-state index in [1.807, 2.05) is 31.2 Å². The normalized spacial score (nSPS) is 11.2. The van der Waals surface area contributed by atoms with Gasteiger partial charge in [-0.25, -0.2) is 0 Å². The lowest BCUT2D eigenvalue weighted by atomic mass is 10.1. The summed E-state index contributed by atoms with van der Waals surface area (Å²) in [5.41, 5.74) is 4.53. The molecule has 0 aromatic heterocycles. The number of unbranched alkanes of at least 4 members (excludes halogenated alkanes) is 1. The predicted octanol–water partition coefficient (Wildman–Crippen LogP) is 3.33. The van der Waals surface area contributed by atoms with Gasteiger partial charge in [-0.05, 0) is 31.6 Å². The summed E-state index contributed by atoms with van der Waals surface area (Å²) < 4.78 is 0. The fourth-order valence-electron chi connectivity index (χ4n) is 1.37. The summed E-state index contributed by atoms with van der Waals surface area (Å²) in [5.74, 6) is 0. The molecule has 0 saturated heterocycles. The molecule has 0 bridgehead atoms. The third kappa shape index (κ3) is 5.02. The lowest BCUT2D eigenvalue weighted by Crippen LogP contribution is -2.33. The summed E-state index contributed by atoms with van der Waals surface area (Å²) in [4.78, 5) is 0. The monoisotopic (exact) mass is 283 g/mol. The zero-order chi connectivity index (χ0) is 13.4. The highest BCUT2D eigenvalue weighted by atomic mass is 35.5. The van der Waals surface area contributed by atoms with Gasteiger partial charge >= 0.3 is 0 Å². The lowest BCUT2D eigenvalue weighted by molar-refractivity contribution is 0.745. The summed E-state index contributed by atoms with van der Waals surface area (Å²) in [5, 5.41) is 8.52. The number of thiocarbonyl (C=S) groups is 1. The Bertz CT molecular complexity index is 432. The largest absolute Gasteiger partial charge is 0.361 e. The topological polar surface area (TPSA) is 36.4 Å². The first-order valence-electron chi connectivity index (χ1n) is 5.98. The van der Waals surface area contributed by atoms with E-state index in [2.05, 4.69) is 22.8 Å². The molecule has 2 N–H and O–H groups in total. The van der Waals surface area contributed by atoms with Crippen molar-refractivity contribution < 1.29 is 0 Å². The Kier molecular flexibility index (Phi) is 6.68. The Morgan fingerprint density at radius 1 is 1.39 bits per heavy atom. The molecule has 98 valence electrons. The Hall–Kier alpha value is -1.13. The smallest absolute Gasteiger partial charge is 0.186 e. The van der Waals surface area contributed by atoms with Crippen molar-refractivity contribution >= 4 is 34.6 Å². The van der Waals surface area contributed by atoms with Crippen LogP contribution in [0.4, 0.5) is 0 Å². The maximum atomic E-state index is 6.08. The molecule has 0 aliphatic rings. The predicted molar refractivity (Wildman–Crippen MR) is 82.3 cm³/mol. The second kappa shape index (κ2) is 8.06. The van der Waals surface area contributed by atoms with Crippen LogP contribution >= 0.6 is 23.8 Å². The first kappa shape index (κ1) is 14.9.